The zero-order chi connectivity index (χ0) is 7.40. The smallest absolute Gasteiger partial charge is 0.0939 e. The van der Waals surface area contributed by atoms with Gasteiger partial charge in [-0.25, -0.2) is 0 Å². The molecule has 11 heavy (non-hydrogen) atoms. The van der Waals surface area contributed by atoms with E-state index in [1.54, 1.807) is 6.20 Å². The van der Waals surface area contributed by atoms with Crippen LogP contribution in [0.4, 0.5) is 0 Å². The van der Waals surface area contributed by atoms with Crippen LogP contribution in [0, 0.1) is 0 Å². The highest BCUT2D eigenvalue weighted by Crippen LogP contribution is 2.04. The molecule has 1 aliphatic rings. The monoisotopic (exact) mass is 216 g/mol. The van der Waals surface area contributed by atoms with Gasteiger partial charge < -0.3 is 9.80 Å². The highest BCUT2D eigenvalue weighted by atomic mass is 79.9. The van der Waals surface area contributed by atoms with Crippen molar-refractivity contribution in [2.75, 3.05) is 13.2 Å². The van der Waals surface area contributed by atoms with Gasteiger partial charge in [0.15, 0.2) is 0 Å². The predicted octanol–water partition coefficient (Wildman–Crippen LogP) is 1.94. The topological polar surface area (TPSA) is 6.48 Å². The van der Waals surface area contributed by atoms with Gasteiger partial charge in [-0.1, -0.05) is 12.7 Å². The van der Waals surface area contributed by atoms with Gasteiger partial charge in [0.2, 0.25) is 0 Å². The number of nitrogens with zero attached hydrogens (tertiary/aromatic N) is 2. The fourth-order valence-corrected chi connectivity index (χ4v) is 0.887. The first kappa shape index (κ1) is 10.3. The minimum atomic E-state index is 0. The Labute approximate surface area is 78.3 Å². The normalized spacial score (nSPS) is 14.5. The molecule has 0 bridgehead atoms. The van der Waals surface area contributed by atoms with Crippen molar-refractivity contribution in [3.63, 3.8) is 0 Å². The second-order valence-corrected chi connectivity index (χ2v) is 2.20. The third-order valence-electron chi connectivity index (χ3n) is 1.41. The van der Waals surface area contributed by atoms with Gasteiger partial charge in [-0.2, -0.15) is 0 Å². The first-order valence-corrected chi connectivity index (χ1v) is 3.28. The summed E-state index contributed by atoms with van der Waals surface area (Å²) in [4.78, 5) is 4.16. The molecule has 0 saturated heterocycles. The molecule has 1 aliphatic heterocycles. The van der Waals surface area contributed by atoms with Crippen molar-refractivity contribution < 1.29 is 0 Å². The number of rotatable bonds is 3. The van der Waals surface area contributed by atoms with Gasteiger partial charge >= 0.3 is 0 Å². The lowest BCUT2D eigenvalue weighted by atomic mass is 10.6. The van der Waals surface area contributed by atoms with Crippen molar-refractivity contribution in [3.05, 3.63) is 37.8 Å². The van der Waals surface area contributed by atoms with Gasteiger partial charge in [0, 0.05) is 18.9 Å². The lowest BCUT2D eigenvalue weighted by Crippen LogP contribution is -2.21. The molecule has 0 aliphatic carbocycles. The zero-order valence-electron chi connectivity index (χ0n) is 6.44. The molecule has 1 rings (SSSR count). The molecule has 0 saturated carbocycles. The minimum Gasteiger partial charge on any atom is -0.355 e. The van der Waals surface area contributed by atoms with Crippen LogP contribution in [-0.2, 0) is 0 Å². The Hall–Kier alpha value is -0.700. The molecule has 1 heterocycles. The standard InChI is InChI=1S/C8H12N2.BrH/c1-3-5-10-7-6-9(4-2)8-10;/h3-4,6-7H,1-2,5,8H2;1H. The van der Waals surface area contributed by atoms with Crippen LogP contribution in [0.5, 0.6) is 0 Å². The van der Waals surface area contributed by atoms with Gasteiger partial charge in [0.1, 0.15) is 0 Å². The molecule has 0 aromatic heterocycles. The SMILES string of the molecule is Br.C=CCN1C=CN(C=C)C1. The summed E-state index contributed by atoms with van der Waals surface area (Å²) in [5.41, 5.74) is 0. The Kier molecular flexibility index (Phi) is 4.70. The summed E-state index contributed by atoms with van der Waals surface area (Å²) in [5.74, 6) is 0. The van der Waals surface area contributed by atoms with Crippen LogP contribution in [0.25, 0.3) is 0 Å². The molecule has 0 unspecified atom stereocenters. The third kappa shape index (κ3) is 2.80. The molecular formula is C8H13BrN2. The summed E-state index contributed by atoms with van der Waals surface area (Å²) in [5, 5.41) is 0. The van der Waals surface area contributed by atoms with E-state index in [1.165, 1.54) is 0 Å². The molecule has 0 aromatic rings. The van der Waals surface area contributed by atoms with Gasteiger partial charge in [0.25, 0.3) is 0 Å². The zero-order valence-corrected chi connectivity index (χ0v) is 8.15. The summed E-state index contributed by atoms with van der Waals surface area (Å²) in [7, 11) is 0. The number of hydrogen-bond acceptors (Lipinski definition) is 2. The van der Waals surface area contributed by atoms with Crippen molar-refractivity contribution in [2.24, 2.45) is 0 Å². The van der Waals surface area contributed by atoms with E-state index in [9.17, 15) is 0 Å². The summed E-state index contributed by atoms with van der Waals surface area (Å²) < 4.78 is 0. The molecule has 62 valence electrons. The number of hydrogen-bond donors (Lipinski definition) is 0. The molecule has 2 nitrogen and oxygen atoms in total. The maximum absolute atomic E-state index is 3.66. The third-order valence-corrected chi connectivity index (χ3v) is 1.41. The molecule has 3 heteroatoms. The van der Waals surface area contributed by atoms with Crippen LogP contribution in [0.2, 0.25) is 0 Å². The van der Waals surface area contributed by atoms with Gasteiger partial charge in [-0.15, -0.1) is 23.6 Å². The highest BCUT2D eigenvalue weighted by molar-refractivity contribution is 8.93. The van der Waals surface area contributed by atoms with E-state index in [1.807, 2.05) is 23.4 Å². The molecule has 0 atom stereocenters. The first-order valence-electron chi connectivity index (χ1n) is 3.28. The predicted molar refractivity (Wildman–Crippen MR) is 53.3 cm³/mol. The van der Waals surface area contributed by atoms with E-state index in [0.717, 1.165) is 13.2 Å². The van der Waals surface area contributed by atoms with E-state index in [0.29, 0.717) is 0 Å². The number of halogens is 1. The molecule has 0 N–H and O–H groups in total. The van der Waals surface area contributed by atoms with Gasteiger partial charge in [-0.3, -0.25) is 0 Å². The average Bonchev–Trinajstić information content (AvgIpc) is 2.37. The Balaban J connectivity index is 0.000001000. The van der Waals surface area contributed by atoms with Crippen LogP contribution >= 0.6 is 17.0 Å². The van der Waals surface area contributed by atoms with Gasteiger partial charge in [0.05, 0.1) is 6.67 Å². The lowest BCUT2D eigenvalue weighted by molar-refractivity contribution is 0.340. The maximum Gasteiger partial charge on any atom is 0.0939 e. The van der Waals surface area contributed by atoms with E-state index >= 15 is 0 Å². The van der Waals surface area contributed by atoms with E-state index < -0.39 is 0 Å². The van der Waals surface area contributed by atoms with Crippen LogP contribution < -0.4 is 0 Å². The fraction of sp³-hybridized carbons (Fsp3) is 0.250. The first-order chi connectivity index (χ1) is 4.86. The molecule has 0 radical (unpaired) electrons. The molecular weight excluding hydrogens is 204 g/mol. The van der Waals surface area contributed by atoms with Crippen molar-refractivity contribution in [3.8, 4) is 0 Å². The lowest BCUT2D eigenvalue weighted by Gasteiger charge is -2.15. The van der Waals surface area contributed by atoms with Gasteiger partial charge in [-0.05, 0) is 6.20 Å². The second kappa shape index (κ2) is 5.02. The summed E-state index contributed by atoms with van der Waals surface area (Å²) in [6.45, 7) is 9.12. The van der Waals surface area contributed by atoms with Crippen molar-refractivity contribution in [2.45, 2.75) is 0 Å². The Bertz CT molecular complexity index is 165. The molecule has 0 amide bonds. The average molecular weight is 217 g/mol. The highest BCUT2D eigenvalue weighted by Gasteiger charge is 2.05. The molecule has 0 aromatic carbocycles. The van der Waals surface area contributed by atoms with Crippen LogP contribution in [-0.4, -0.2) is 23.0 Å². The minimum absolute atomic E-state index is 0. The van der Waals surface area contributed by atoms with Crippen LogP contribution in [0.15, 0.2) is 37.8 Å². The largest absolute Gasteiger partial charge is 0.355 e. The Morgan fingerprint density at radius 3 is 2.55 bits per heavy atom. The van der Waals surface area contributed by atoms with Crippen molar-refractivity contribution in [1.82, 2.24) is 9.80 Å². The summed E-state index contributed by atoms with van der Waals surface area (Å²) in [6, 6.07) is 0. The molecule has 0 fully saturated rings. The van der Waals surface area contributed by atoms with Crippen molar-refractivity contribution in [1.29, 1.82) is 0 Å². The van der Waals surface area contributed by atoms with Crippen LogP contribution in [0.1, 0.15) is 0 Å². The van der Waals surface area contributed by atoms with E-state index in [2.05, 4.69) is 18.1 Å². The Morgan fingerprint density at radius 1 is 1.36 bits per heavy atom. The summed E-state index contributed by atoms with van der Waals surface area (Å²) >= 11 is 0. The van der Waals surface area contributed by atoms with E-state index in [-0.39, 0.29) is 17.0 Å². The Morgan fingerprint density at radius 2 is 2.09 bits per heavy atom. The summed E-state index contributed by atoms with van der Waals surface area (Å²) in [6.07, 6.45) is 7.72. The quantitative estimate of drug-likeness (QED) is 0.666. The van der Waals surface area contributed by atoms with Crippen LogP contribution in [0.3, 0.4) is 0 Å². The van der Waals surface area contributed by atoms with E-state index in [4.69, 9.17) is 0 Å². The molecule has 0 spiro atoms. The van der Waals surface area contributed by atoms with Crippen molar-refractivity contribution >= 4 is 17.0 Å². The second-order valence-electron chi connectivity index (χ2n) is 2.20. The fourth-order valence-electron chi connectivity index (χ4n) is 0.887. The maximum atomic E-state index is 3.66.